The number of nitrogens with one attached hydrogen (secondary N) is 3. The molecule has 0 aliphatic heterocycles. The number of benzene rings is 1. The summed E-state index contributed by atoms with van der Waals surface area (Å²) in [5.74, 6) is 0.804. The van der Waals surface area contributed by atoms with Crippen molar-refractivity contribution in [2.45, 2.75) is 6.92 Å². The smallest absolute Gasteiger partial charge is 0.223 e. The Balaban J connectivity index is 2.60. The maximum Gasteiger partial charge on any atom is 0.223 e. The highest BCUT2D eigenvalue weighted by Gasteiger charge is 2.01. The Kier molecular flexibility index (Phi) is 5.93. The Morgan fingerprint density at radius 2 is 2.35 bits per heavy atom. The van der Waals surface area contributed by atoms with Gasteiger partial charge in [-0.3, -0.25) is 0 Å². The third kappa shape index (κ3) is 4.70. The minimum absolute atomic E-state index is 0.566. The number of halogens is 1. The predicted octanol–water partition coefficient (Wildman–Crippen LogP) is 0.356. The lowest BCUT2D eigenvalue weighted by Gasteiger charge is -2.02. The van der Waals surface area contributed by atoms with E-state index < -0.39 is 0 Å². The second kappa shape index (κ2) is 7.24. The van der Waals surface area contributed by atoms with Gasteiger partial charge in [0.15, 0.2) is 6.21 Å². The van der Waals surface area contributed by atoms with Gasteiger partial charge in [-0.15, -0.1) is 10.5 Å². The van der Waals surface area contributed by atoms with E-state index in [2.05, 4.69) is 31.8 Å². The molecule has 0 aliphatic carbocycles. The summed E-state index contributed by atoms with van der Waals surface area (Å²) >= 11 is 8.42. The van der Waals surface area contributed by atoms with Crippen LogP contribution in [-0.2, 0) is 0 Å². The van der Waals surface area contributed by atoms with Crippen LogP contribution in [0, 0.1) is 0 Å². The van der Waals surface area contributed by atoms with E-state index in [9.17, 15) is 0 Å². The Hall–Kier alpha value is -1.14. The first-order valence-corrected chi connectivity index (χ1v) is 6.33. The average Bonchev–Trinajstić information content (AvgIpc) is 2.29. The number of hydrogen-bond donors (Lipinski definition) is 3. The Morgan fingerprint density at radius 3 is 2.94 bits per heavy atom. The second-order valence-electron chi connectivity index (χ2n) is 3.17. The van der Waals surface area contributed by atoms with Gasteiger partial charge < -0.3 is 10.1 Å². The van der Waals surface area contributed by atoms with E-state index in [4.69, 9.17) is 17.0 Å². The fraction of sp³-hybridized carbons (Fsp3) is 0.273. The molecule has 0 unspecified atom stereocenters. The lowest BCUT2D eigenvalue weighted by Crippen LogP contribution is -2.82. The van der Waals surface area contributed by atoms with Gasteiger partial charge in [0.1, 0.15) is 5.75 Å². The maximum atomic E-state index is 5.15. The minimum atomic E-state index is 0.566. The first-order chi connectivity index (χ1) is 8.17. The van der Waals surface area contributed by atoms with Gasteiger partial charge in [0, 0.05) is 12.1 Å². The third-order valence-corrected chi connectivity index (χ3v) is 2.80. The van der Waals surface area contributed by atoms with Crippen molar-refractivity contribution < 1.29 is 9.84 Å². The minimum Gasteiger partial charge on any atom is -0.496 e. The van der Waals surface area contributed by atoms with Crippen molar-refractivity contribution in [2.75, 3.05) is 13.7 Å². The number of hydrogen-bond acceptors (Lipinski definition) is 2. The van der Waals surface area contributed by atoms with E-state index in [-0.39, 0.29) is 0 Å². The number of thiocarbonyl (C=S) groups is 1. The zero-order valence-electron chi connectivity index (χ0n) is 9.71. The van der Waals surface area contributed by atoms with Gasteiger partial charge in [0.2, 0.25) is 5.11 Å². The summed E-state index contributed by atoms with van der Waals surface area (Å²) < 4.78 is 6.05. The van der Waals surface area contributed by atoms with Crippen LogP contribution in [0.15, 0.2) is 22.7 Å². The molecule has 0 saturated heterocycles. The molecule has 0 bridgehead atoms. The van der Waals surface area contributed by atoms with E-state index in [1.807, 2.05) is 31.3 Å². The van der Waals surface area contributed by atoms with Crippen LogP contribution < -0.4 is 20.6 Å². The van der Waals surface area contributed by atoms with Crippen molar-refractivity contribution in [1.29, 1.82) is 0 Å². The van der Waals surface area contributed by atoms with E-state index in [1.54, 1.807) is 7.11 Å². The molecule has 17 heavy (non-hydrogen) atoms. The molecule has 0 atom stereocenters. The molecule has 6 heteroatoms. The van der Waals surface area contributed by atoms with Gasteiger partial charge in [-0.1, -0.05) is 0 Å². The highest BCUT2D eigenvalue weighted by molar-refractivity contribution is 9.10. The van der Waals surface area contributed by atoms with Gasteiger partial charge in [-0.05, 0) is 53.3 Å². The third-order valence-electron chi connectivity index (χ3n) is 1.94. The van der Waals surface area contributed by atoms with Crippen molar-refractivity contribution in [3.63, 3.8) is 0 Å². The second-order valence-corrected chi connectivity index (χ2v) is 4.43. The van der Waals surface area contributed by atoms with Crippen LogP contribution in [0.2, 0.25) is 0 Å². The standard InChI is InChI=1S/C11H14BrN3OS/c1-3-13-11(17)15-14-7-8-4-5-10(16-2)9(12)6-8/h4-7H,3H2,1-2H3,(H2,13,15,17)/p+1. The Labute approximate surface area is 115 Å². The molecular weight excluding hydrogens is 302 g/mol. The van der Waals surface area contributed by atoms with Gasteiger partial charge in [0.25, 0.3) is 0 Å². The van der Waals surface area contributed by atoms with Crippen molar-refractivity contribution in [3.05, 3.63) is 28.2 Å². The molecule has 1 aromatic carbocycles. The summed E-state index contributed by atoms with van der Waals surface area (Å²) in [5, 5.41) is 6.45. The van der Waals surface area contributed by atoms with Crippen LogP contribution in [-0.4, -0.2) is 25.0 Å². The lowest BCUT2D eigenvalue weighted by atomic mass is 10.2. The van der Waals surface area contributed by atoms with Crippen molar-refractivity contribution in [1.82, 2.24) is 10.7 Å². The van der Waals surface area contributed by atoms with Gasteiger partial charge in [0.05, 0.1) is 11.6 Å². The fourth-order valence-electron chi connectivity index (χ4n) is 1.16. The van der Waals surface area contributed by atoms with Gasteiger partial charge in [-0.25, -0.2) is 0 Å². The number of rotatable bonds is 4. The van der Waals surface area contributed by atoms with Crippen LogP contribution in [0.3, 0.4) is 0 Å². The topological polar surface area (TPSA) is 47.3 Å². The molecule has 3 N–H and O–H groups in total. The average molecular weight is 317 g/mol. The molecule has 1 aromatic rings. The largest absolute Gasteiger partial charge is 0.496 e. The zero-order chi connectivity index (χ0) is 12.7. The van der Waals surface area contributed by atoms with Gasteiger partial charge in [-0.2, -0.15) is 0 Å². The normalized spacial score (nSPS) is 10.3. The summed E-state index contributed by atoms with van der Waals surface area (Å²) in [4.78, 5) is 0. The molecular formula is C11H15BrN3OS+. The van der Waals surface area contributed by atoms with Crippen molar-refractivity contribution in [3.8, 4) is 5.75 Å². The fourth-order valence-corrected chi connectivity index (χ4v) is 1.92. The highest BCUT2D eigenvalue weighted by Crippen LogP contribution is 2.24. The SMILES string of the molecule is CCNC(=S)N[NH+]=Cc1ccc(OC)c(Br)c1. The van der Waals surface area contributed by atoms with Crippen molar-refractivity contribution in [2.24, 2.45) is 0 Å². The Bertz CT molecular complexity index is 423. The van der Waals surface area contributed by atoms with Crippen LogP contribution in [0.25, 0.3) is 0 Å². The van der Waals surface area contributed by atoms with E-state index >= 15 is 0 Å². The van der Waals surface area contributed by atoms with Crippen molar-refractivity contribution >= 4 is 39.5 Å². The Morgan fingerprint density at radius 1 is 1.59 bits per heavy atom. The van der Waals surface area contributed by atoms with E-state index in [0.29, 0.717) is 5.11 Å². The molecule has 0 saturated carbocycles. The molecule has 0 heterocycles. The number of ether oxygens (including phenoxy) is 1. The van der Waals surface area contributed by atoms with E-state index in [0.717, 1.165) is 22.3 Å². The number of hydrazine groups is 1. The molecule has 1 rings (SSSR count). The monoisotopic (exact) mass is 316 g/mol. The molecule has 0 fully saturated rings. The van der Waals surface area contributed by atoms with Crippen LogP contribution in [0.4, 0.5) is 0 Å². The number of methoxy groups -OCH3 is 1. The van der Waals surface area contributed by atoms with Gasteiger partial charge >= 0.3 is 0 Å². The van der Waals surface area contributed by atoms with Crippen LogP contribution in [0.1, 0.15) is 12.5 Å². The molecule has 0 radical (unpaired) electrons. The highest BCUT2D eigenvalue weighted by atomic mass is 79.9. The predicted molar refractivity (Wildman–Crippen MR) is 76.2 cm³/mol. The lowest BCUT2D eigenvalue weighted by molar-refractivity contribution is -0.500. The summed E-state index contributed by atoms with van der Waals surface area (Å²) in [7, 11) is 1.64. The summed E-state index contributed by atoms with van der Waals surface area (Å²) in [6.07, 6.45) is 1.81. The molecule has 92 valence electrons. The maximum absolute atomic E-state index is 5.15. The van der Waals surface area contributed by atoms with Crippen LogP contribution in [0.5, 0.6) is 5.75 Å². The molecule has 0 aromatic heterocycles. The molecule has 0 spiro atoms. The first kappa shape index (κ1) is 13.9. The summed E-state index contributed by atoms with van der Waals surface area (Å²) in [6.45, 7) is 2.78. The quantitative estimate of drug-likeness (QED) is 0.426. The first-order valence-electron chi connectivity index (χ1n) is 5.13. The summed E-state index contributed by atoms with van der Waals surface area (Å²) in [5.41, 5.74) is 3.85. The molecule has 4 nitrogen and oxygen atoms in total. The zero-order valence-corrected chi connectivity index (χ0v) is 12.1. The van der Waals surface area contributed by atoms with E-state index in [1.165, 1.54) is 0 Å². The summed E-state index contributed by atoms with van der Waals surface area (Å²) in [6, 6.07) is 5.78. The number of hydrazone groups is 1. The molecule has 0 aliphatic rings. The van der Waals surface area contributed by atoms with Crippen LogP contribution >= 0.6 is 28.1 Å². The molecule has 0 amide bonds.